The van der Waals surface area contributed by atoms with E-state index in [0.29, 0.717) is 18.6 Å². The second kappa shape index (κ2) is 5.97. The van der Waals surface area contributed by atoms with Crippen LogP contribution in [0.1, 0.15) is 40.0 Å². The fourth-order valence-corrected chi connectivity index (χ4v) is 1.38. The van der Waals surface area contributed by atoms with Crippen molar-refractivity contribution in [2.24, 2.45) is 5.41 Å². The molecule has 0 bridgehead atoms. The molecule has 0 fully saturated rings. The highest BCUT2D eigenvalue weighted by Crippen LogP contribution is 2.20. The van der Waals surface area contributed by atoms with Gasteiger partial charge < -0.3 is 5.32 Å². The summed E-state index contributed by atoms with van der Waals surface area (Å²) in [6.45, 7) is 9.98. The molecule has 1 N–H and O–H groups in total. The van der Waals surface area contributed by atoms with Gasteiger partial charge in [0, 0.05) is 18.9 Å². The molecule has 0 radical (unpaired) electrons. The Morgan fingerprint density at radius 1 is 1.50 bits per heavy atom. The Bertz CT molecular complexity index is 191. The maximum Gasteiger partial charge on any atom is 0.133 e. The van der Waals surface area contributed by atoms with E-state index < -0.39 is 0 Å². The molecule has 0 amide bonds. The molecular weight excluding hydrogens is 174 g/mol. The van der Waals surface area contributed by atoms with E-state index in [1.54, 1.807) is 0 Å². The maximum atomic E-state index is 11.5. The zero-order valence-electron chi connectivity index (χ0n) is 9.89. The van der Waals surface area contributed by atoms with Crippen LogP contribution in [0.2, 0.25) is 0 Å². The summed E-state index contributed by atoms with van der Waals surface area (Å²) in [5.74, 6) is 0.347. The predicted molar refractivity (Wildman–Crippen MR) is 61.4 cm³/mol. The first-order valence-corrected chi connectivity index (χ1v) is 5.20. The summed E-state index contributed by atoms with van der Waals surface area (Å²) in [5.41, 5.74) is 0.112. The van der Waals surface area contributed by atoms with Crippen LogP contribution in [0.25, 0.3) is 0 Å². The van der Waals surface area contributed by atoms with Crippen molar-refractivity contribution in [1.29, 1.82) is 0 Å². The Hall–Kier alpha value is -0.630. The molecule has 0 heterocycles. The lowest BCUT2D eigenvalue weighted by Crippen LogP contribution is -2.24. The van der Waals surface area contributed by atoms with Crippen molar-refractivity contribution in [3.63, 3.8) is 0 Å². The quantitative estimate of drug-likeness (QED) is 0.663. The molecule has 82 valence electrons. The van der Waals surface area contributed by atoms with Gasteiger partial charge in [-0.05, 0) is 18.9 Å². The molecule has 0 aliphatic carbocycles. The van der Waals surface area contributed by atoms with E-state index in [-0.39, 0.29) is 11.5 Å². The van der Waals surface area contributed by atoms with Crippen LogP contribution < -0.4 is 5.32 Å². The molecule has 0 aromatic rings. The number of Topliss-reactive ketones (excluding diaryl/α,β-unsaturated/α-hetero) is 1. The van der Waals surface area contributed by atoms with Crippen molar-refractivity contribution in [3.05, 3.63) is 12.7 Å². The SMILES string of the molecule is C=CC(CCC(=O)CC(C)(C)C)NC. The highest BCUT2D eigenvalue weighted by molar-refractivity contribution is 5.79. The Labute approximate surface area is 87.8 Å². The third kappa shape index (κ3) is 6.84. The molecule has 1 unspecified atom stereocenters. The monoisotopic (exact) mass is 197 g/mol. The molecule has 2 nitrogen and oxygen atoms in total. The lowest BCUT2D eigenvalue weighted by Gasteiger charge is -2.17. The summed E-state index contributed by atoms with van der Waals surface area (Å²) in [4.78, 5) is 11.5. The Balaban J connectivity index is 3.79. The van der Waals surface area contributed by atoms with Gasteiger partial charge in [0.2, 0.25) is 0 Å². The van der Waals surface area contributed by atoms with E-state index in [2.05, 4.69) is 32.7 Å². The lowest BCUT2D eigenvalue weighted by atomic mass is 9.88. The summed E-state index contributed by atoms with van der Waals surface area (Å²) in [6, 6.07) is 0.263. The molecular formula is C12H23NO. The smallest absolute Gasteiger partial charge is 0.133 e. The zero-order chi connectivity index (χ0) is 11.2. The Kier molecular flexibility index (Phi) is 5.70. The van der Waals surface area contributed by atoms with Crippen molar-refractivity contribution in [3.8, 4) is 0 Å². The number of ketones is 1. The molecule has 0 saturated heterocycles. The summed E-state index contributed by atoms with van der Waals surface area (Å²) >= 11 is 0. The third-order valence-corrected chi connectivity index (χ3v) is 2.12. The Morgan fingerprint density at radius 3 is 2.43 bits per heavy atom. The van der Waals surface area contributed by atoms with E-state index in [1.807, 2.05) is 13.1 Å². The predicted octanol–water partition coefficient (Wildman–Crippen LogP) is 2.55. The normalized spacial score (nSPS) is 13.7. The molecule has 0 spiro atoms. The molecule has 0 rings (SSSR count). The molecule has 2 heteroatoms. The second-order valence-corrected chi connectivity index (χ2v) is 4.95. The maximum absolute atomic E-state index is 11.5. The third-order valence-electron chi connectivity index (χ3n) is 2.12. The number of likely N-dealkylation sites (N-methyl/N-ethyl adjacent to an activating group) is 1. The zero-order valence-corrected chi connectivity index (χ0v) is 9.89. The largest absolute Gasteiger partial charge is 0.314 e. The van der Waals surface area contributed by atoms with Gasteiger partial charge in [-0.15, -0.1) is 6.58 Å². The number of hydrogen-bond acceptors (Lipinski definition) is 2. The van der Waals surface area contributed by atoms with Gasteiger partial charge in [0.15, 0.2) is 0 Å². The van der Waals surface area contributed by atoms with E-state index in [9.17, 15) is 4.79 Å². The minimum Gasteiger partial charge on any atom is -0.314 e. The van der Waals surface area contributed by atoms with Crippen molar-refractivity contribution in [2.75, 3.05) is 7.05 Å². The van der Waals surface area contributed by atoms with Gasteiger partial charge in [-0.3, -0.25) is 4.79 Å². The molecule has 0 aliphatic rings. The number of rotatable bonds is 6. The van der Waals surface area contributed by atoms with E-state index in [1.165, 1.54) is 0 Å². The highest BCUT2D eigenvalue weighted by atomic mass is 16.1. The van der Waals surface area contributed by atoms with Crippen LogP contribution >= 0.6 is 0 Å². The number of hydrogen-bond donors (Lipinski definition) is 1. The minimum absolute atomic E-state index is 0.112. The standard InChI is InChI=1S/C12H23NO/c1-6-10(13-5)7-8-11(14)9-12(2,3)4/h6,10,13H,1,7-9H2,2-5H3. The van der Waals surface area contributed by atoms with E-state index >= 15 is 0 Å². The molecule has 0 aromatic carbocycles. The summed E-state index contributed by atoms with van der Waals surface area (Å²) < 4.78 is 0. The fourth-order valence-electron chi connectivity index (χ4n) is 1.38. The van der Waals surface area contributed by atoms with Crippen molar-refractivity contribution < 1.29 is 4.79 Å². The topological polar surface area (TPSA) is 29.1 Å². The van der Waals surface area contributed by atoms with Gasteiger partial charge in [-0.25, -0.2) is 0 Å². The lowest BCUT2D eigenvalue weighted by molar-refractivity contribution is -0.120. The van der Waals surface area contributed by atoms with Gasteiger partial charge in [0.1, 0.15) is 5.78 Å². The Morgan fingerprint density at radius 2 is 2.07 bits per heavy atom. The summed E-state index contributed by atoms with van der Waals surface area (Å²) in [6.07, 6.45) is 4.02. The summed E-state index contributed by atoms with van der Waals surface area (Å²) in [5, 5.41) is 3.10. The minimum atomic E-state index is 0.112. The average Bonchev–Trinajstić information content (AvgIpc) is 2.03. The summed E-state index contributed by atoms with van der Waals surface area (Å²) in [7, 11) is 1.89. The van der Waals surface area contributed by atoms with E-state index in [4.69, 9.17) is 0 Å². The van der Waals surface area contributed by atoms with Crippen LogP contribution in [0.15, 0.2) is 12.7 Å². The van der Waals surface area contributed by atoms with Gasteiger partial charge in [0.05, 0.1) is 0 Å². The van der Waals surface area contributed by atoms with Gasteiger partial charge in [0.25, 0.3) is 0 Å². The molecule has 0 aliphatic heterocycles. The van der Waals surface area contributed by atoms with Crippen LogP contribution in [0.5, 0.6) is 0 Å². The molecule has 14 heavy (non-hydrogen) atoms. The van der Waals surface area contributed by atoms with Crippen LogP contribution in [0.4, 0.5) is 0 Å². The number of nitrogens with one attached hydrogen (secondary N) is 1. The van der Waals surface area contributed by atoms with Crippen molar-refractivity contribution >= 4 is 5.78 Å². The van der Waals surface area contributed by atoms with Crippen molar-refractivity contribution in [2.45, 2.75) is 46.1 Å². The highest BCUT2D eigenvalue weighted by Gasteiger charge is 2.16. The van der Waals surface area contributed by atoms with Crippen LogP contribution in [-0.4, -0.2) is 18.9 Å². The van der Waals surface area contributed by atoms with Crippen LogP contribution in [0.3, 0.4) is 0 Å². The molecule has 0 aromatic heterocycles. The van der Waals surface area contributed by atoms with Gasteiger partial charge >= 0.3 is 0 Å². The van der Waals surface area contributed by atoms with Crippen molar-refractivity contribution in [1.82, 2.24) is 5.32 Å². The number of carbonyl (C=O) groups is 1. The molecule has 0 saturated carbocycles. The van der Waals surface area contributed by atoms with Crippen LogP contribution in [0, 0.1) is 5.41 Å². The van der Waals surface area contributed by atoms with Gasteiger partial charge in [-0.2, -0.15) is 0 Å². The molecule has 1 atom stereocenters. The number of carbonyl (C=O) groups excluding carboxylic acids is 1. The average molecular weight is 197 g/mol. The second-order valence-electron chi connectivity index (χ2n) is 4.95. The first-order valence-electron chi connectivity index (χ1n) is 5.20. The van der Waals surface area contributed by atoms with E-state index in [0.717, 1.165) is 6.42 Å². The first-order chi connectivity index (χ1) is 6.39. The first kappa shape index (κ1) is 13.4. The fraction of sp³-hybridized carbons (Fsp3) is 0.750. The van der Waals surface area contributed by atoms with Crippen LogP contribution in [-0.2, 0) is 4.79 Å². The van der Waals surface area contributed by atoms with Gasteiger partial charge in [-0.1, -0.05) is 26.8 Å².